The van der Waals surface area contributed by atoms with Gasteiger partial charge < -0.3 is 0 Å². The van der Waals surface area contributed by atoms with Gasteiger partial charge in [0.05, 0.1) is 6.54 Å². The van der Waals surface area contributed by atoms with Gasteiger partial charge in [0.1, 0.15) is 6.04 Å². The highest BCUT2D eigenvalue weighted by atomic mass is 15.6. The first kappa shape index (κ1) is 5.71. The fourth-order valence-electron chi connectivity index (χ4n) is 1.11. The predicted octanol–water partition coefficient (Wildman–Crippen LogP) is 0.314. The van der Waals surface area contributed by atoms with Gasteiger partial charge in [0.15, 0.2) is 12.4 Å². The summed E-state index contributed by atoms with van der Waals surface area (Å²) in [5.41, 5.74) is 0. The molecule has 2 rings (SSSR count). The van der Waals surface area contributed by atoms with E-state index in [4.69, 9.17) is 0 Å². The highest BCUT2D eigenvalue weighted by Crippen LogP contribution is 2.06. The maximum Gasteiger partial charge on any atom is 0.199 e. The van der Waals surface area contributed by atoms with Gasteiger partial charge in [0, 0.05) is 12.1 Å². The number of aromatic nitrogens is 1. The summed E-state index contributed by atoms with van der Waals surface area (Å²) in [5, 5.41) is 2.29. The van der Waals surface area contributed by atoms with Crippen molar-refractivity contribution in [2.24, 2.45) is 0 Å². The van der Waals surface area contributed by atoms with Crippen LogP contribution in [0.5, 0.6) is 0 Å². The van der Waals surface area contributed by atoms with Crippen LogP contribution in [-0.4, -0.2) is 12.6 Å². The van der Waals surface area contributed by atoms with E-state index in [0.29, 0.717) is 0 Å². The van der Waals surface area contributed by atoms with Crippen LogP contribution in [0.4, 0.5) is 0 Å². The molecule has 1 unspecified atom stereocenters. The normalized spacial score (nSPS) is 22.9. The first-order chi connectivity index (χ1) is 4.88. The van der Waals surface area contributed by atoms with E-state index in [0.717, 1.165) is 6.04 Å². The first-order valence-corrected chi connectivity index (χ1v) is 3.61. The van der Waals surface area contributed by atoms with Gasteiger partial charge in [-0.2, -0.15) is 5.01 Å². The van der Waals surface area contributed by atoms with E-state index in [-0.39, 0.29) is 0 Å². The average Bonchev–Trinajstić information content (AvgIpc) is 2.69. The minimum atomic E-state index is 0.729. The molecular formula is C8H11N2+. The fourth-order valence-corrected chi connectivity index (χ4v) is 1.11. The van der Waals surface area contributed by atoms with E-state index in [1.807, 2.05) is 18.2 Å². The van der Waals surface area contributed by atoms with Crippen LogP contribution < -0.4 is 9.69 Å². The second-order valence-electron chi connectivity index (χ2n) is 2.73. The van der Waals surface area contributed by atoms with Crippen LogP contribution in [0.25, 0.3) is 0 Å². The molecule has 52 valence electrons. The second kappa shape index (κ2) is 1.97. The molecule has 2 nitrogen and oxygen atoms in total. The van der Waals surface area contributed by atoms with Crippen LogP contribution in [0.15, 0.2) is 30.6 Å². The van der Waals surface area contributed by atoms with Crippen LogP contribution in [-0.2, 0) is 0 Å². The number of hydrogen-bond donors (Lipinski definition) is 0. The maximum absolute atomic E-state index is 2.29. The van der Waals surface area contributed by atoms with Gasteiger partial charge in [-0.1, -0.05) is 10.7 Å². The molecule has 0 bridgehead atoms. The summed E-state index contributed by atoms with van der Waals surface area (Å²) in [6.07, 6.45) is 4.15. The molecule has 0 radical (unpaired) electrons. The third kappa shape index (κ3) is 0.856. The predicted molar refractivity (Wildman–Crippen MR) is 39.2 cm³/mol. The van der Waals surface area contributed by atoms with Gasteiger partial charge in [0.2, 0.25) is 0 Å². The van der Waals surface area contributed by atoms with E-state index in [1.54, 1.807) is 0 Å². The monoisotopic (exact) mass is 135 g/mol. The zero-order chi connectivity index (χ0) is 6.97. The third-order valence-corrected chi connectivity index (χ3v) is 1.82. The number of nitrogens with zero attached hydrogens (tertiary/aromatic N) is 2. The zero-order valence-electron chi connectivity index (χ0n) is 6.07. The standard InChI is InChI=1S/C8H11N2/c1-8-7-10(8)9-5-3-2-4-6-9/h2-6,8H,7H2,1H3/q+1. The summed E-state index contributed by atoms with van der Waals surface area (Å²) in [6.45, 7) is 3.41. The number of rotatable bonds is 1. The Labute approximate surface area is 60.7 Å². The molecule has 1 atom stereocenters. The Morgan fingerprint density at radius 1 is 1.30 bits per heavy atom. The lowest BCUT2D eigenvalue weighted by Crippen LogP contribution is -2.45. The highest BCUT2D eigenvalue weighted by molar-refractivity contribution is 5.01. The summed E-state index contributed by atoms with van der Waals surface area (Å²) < 4.78 is 2.13. The Balaban J connectivity index is 2.20. The van der Waals surface area contributed by atoms with Gasteiger partial charge in [-0.15, -0.1) is 0 Å². The summed E-state index contributed by atoms with van der Waals surface area (Å²) in [5.74, 6) is 0. The van der Waals surface area contributed by atoms with Gasteiger partial charge in [0.25, 0.3) is 0 Å². The van der Waals surface area contributed by atoms with Crippen molar-refractivity contribution in [3.8, 4) is 0 Å². The SMILES string of the molecule is CC1CN1[n+]1ccccc1. The molecule has 2 heterocycles. The van der Waals surface area contributed by atoms with Gasteiger partial charge >= 0.3 is 0 Å². The van der Waals surface area contributed by atoms with E-state index in [9.17, 15) is 0 Å². The van der Waals surface area contributed by atoms with Crippen LogP contribution in [0.1, 0.15) is 6.92 Å². The Hall–Kier alpha value is -1.05. The van der Waals surface area contributed by atoms with E-state index in [1.165, 1.54) is 6.54 Å². The minimum absolute atomic E-state index is 0.729. The van der Waals surface area contributed by atoms with Crippen LogP contribution in [0.3, 0.4) is 0 Å². The highest BCUT2D eigenvalue weighted by Gasteiger charge is 2.36. The van der Waals surface area contributed by atoms with Gasteiger partial charge in [-0.05, 0) is 6.92 Å². The smallest absolute Gasteiger partial charge is 0.174 e. The van der Waals surface area contributed by atoms with Crippen molar-refractivity contribution in [2.75, 3.05) is 11.6 Å². The fraction of sp³-hybridized carbons (Fsp3) is 0.375. The Morgan fingerprint density at radius 3 is 2.40 bits per heavy atom. The third-order valence-electron chi connectivity index (χ3n) is 1.82. The lowest BCUT2D eigenvalue weighted by molar-refractivity contribution is -0.677. The molecular weight excluding hydrogens is 124 g/mol. The molecule has 1 aliphatic heterocycles. The van der Waals surface area contributed by atoms with Crippen molar-refractivity contribution in [3.05, 3.63) is 30.6 Å². The van der Waals surface area contributed by atoms with Crippen LogP contribution in [0, 0.1) is 0 Å². The number of pyridine rings is 1. The molecule has 0 saturated carbocycles. The molecule has 0 spiro atoms. The Morgan fingerprint density at radius 2 is 1.90 bits per heavy atom. The van der Waals surface area contributed by atoms with Crippen molar-refractivity contribution in [1.29, 1.82) is 0 Å². The first-order valence-electron chi connectivity index (χ1n) is 3.61. The van der Waals surface area contributed by atoms with Gasteiger partial charge in [-0.3, -0.25) is 0 Å². The molecule has 1 aromatic heterocycles. The average molecular weight is 135 g/mol. The molecule has 0 amide bonds. The molecule has 0 N–H and O–H groups in total. The summed E-state index contributed by atoms with van der Waals surface area (Å²) in [4.78, 5) is 0. The summed E-state index contributed by atoms with van der Waals surface area (Å²) in [7, 11) is 0. The quantitative estimate of drug-likeness (QED) is 0.397. The molecule has 2 heteroatoms. The molecule has 10 heavy (non-hydrogen) atoms. The van der Waals surface area contributed by atoms with Crippen LogP contribution in [0.2, 0.25) is 0 Å². The number of hydrogen-bond acceptors (Lipinski definition) is 1. The summed E-state index contributed by atoms with van der Waals surface area (Å²) >= 11 is 0. The van der Waals surface area contributed by atoms with Crippen molar-refractivity contribution >= 4 is 0 Å². The van der Waals surface area contributed by atoms with Crippen LogP contribution >= 0.6 is 0 Å². The molecule has 0 aliphatic carbocycles. The second-order valence-corrected chi connectivity index (χ2v) is 2.73. The van der Waals surface area contributed by atoms with Gasteiger partial charge in [-0.25, -0.2) is 0 Å². The van der Waals surface area contributed by atoms with Crippen molar-refractivity contribution in [1.82, 2.24) is 0 Å². The van der Waals surface area contributed by atoms with Crippen molar-refractivity contribution in [2.45, 2.75) is 13.0 Å². The minimum Gasteiger partial charge on any atom is -0.174 e. The maximum atomic E-state index is 2.29. The molecule has 1 aromatic rings. The van der Waals surface area contributed by atoms with E-state index < -0.39 is 0 Å². The van der Waals surface area contributed by atoms with Crippen molar-refractivity contribution in [3.63, 3.8) is 0 Å². The largest absolute Gasteiger partial charge is 0.199 e. The lowest BCUT2D eigenvalue weighted by Gasteiger charge is -1.93. The molecule has 0 aromatic carbocycles. The molecule has 1 saturated heterocycles. The molecule has 1 fully saturated rings. The topological polar surface area (TPSA) is 6.89 Å². The molecule has 1 aliphatic rings. The lowest BCUT2D eigenvalue weighted by atomic mass is 10.5. The zero-order valence-corrected chi connectivity index (χ0v) is 6.07. The Bertz CT molecular complexity index is 220. The van der Waals surface area contributed by atoms with E-state index >= 15 is 0 Å². The van der Waals surface area contributed by atoms with E-state index in [2.05, 4.69) is 29.0 Å². The van der Waals surface area contributed by atoms with Crippen molar-refractivity contribution < 1.29 is 4.68 Å². The summed E-state index contributed by atoms with van der Waals surface area (Å²) in [6, 6.07) is 6.85. The Kier molecular flexibility index (Phi) is 1.13.